The summed E-state index contributed by atoms with van der Waals surface area (Å²) in [6.45, 7) is 0. The van der Waals surface area contributed by atoms with E-state index in [1.54, 1.807) is 24.3 Å². The molecular formula is C20H20N2O3. The normalized spacial score (nSPS) is 12.7. The van der Waals surface area contributed by atoms with Crippen molar-refractivity contribution in [3.63, 3.8) is 0 Å². The van der Waals surface area contributed by atoms with Crippen molar-refractivity contribution >= 4 is 23.7 Å². The zero-order chi connectivity index (χ0) is 18.2. The lowest BCUT2D eigenvalue weighted by Gasteiger charge is -2.21. The maximum Gasteiger partial charge on any atom is 0.252 e. The third-order valence-corrected chi connectivity index (χ3v) is 3.95. The van der Waals surface area contributed by atoms with Crippen LogP contribution in [0.3, 0.4) is 0 Å². The number of hydrogen-bond donors (Lipinski definition) is 2. The predicted molar refractivity (Wildman–Crippen MR) is 96.3 cm³/mol. The molecule has 0 radical (unpaired) electrons. The van der Waals surface area contributed by atoms with Crippen molar-refractivity contribution in [1.82, 2.24) is 5.32 Å². The summed E-state index contributed by atoms with van der Waals surface area (Å²) in [5, 5.41) is 2.61. The van der Waals surface area contributed by atoms with Gasteiger partial charge in [0.1, 0.15) is 0 Å². The summed E-state index contributed by atoms with van der Waals surface area (Å²) in [6.07, 6.45) is 0.765. The minimum absolute atomic E-state index is 0.185. The van der Waals surface area contributed by atoms with E-state index in [0.717, 1.165) is 5.56 Å². The highest BCUT2D eigenvalue weighted by Gasteiger charge is 2.28. The van der Waals surface area contributed by atoms with Crippen molar-refractivity contribution in [1.29, 1.82) is 0 Å². The van der Waals surface area contributed by atoms with Crippen LogP contribution in [0, 0.1) is 5.92 Å². The standard InChI is InChI=1S/C20H20N2O3/c1-22-20(25)16(12-14-8-4-2-5-9-14)18(17(13-23)19(21)24)15-10-6-3-7-11-15/h2-11,13,16H,12H2,1H3,(H2,21,24)(H,22,25). The third kappa shape index (κ3) is 4.41. The summed E-state index contributed by atoms with van der Waals surface area (Å²) >= 11 is 0. The molecule has 25 heavy (non-hydrogen) atoms. The van der Waals surface area contributed by atoms with E-state index in [1.165, 1.54) is 7.05 Å². The molecule has 2 aromatic rings. The monoisotopic (exact) mass is 336 g/mol. The first-order valence-electron chi connectivity index (χ1n) is 7.88. The molecule has 0 bridgehead atoms. The highest BCUT2D eigenvalue weighted by Crippen LogP contribution is 2.29. The van der Waals surface area contributed by atoms with E-state index < -0.39 is 11.8 Å². The number of nitrogens with two attached hydrogens (primary N) is 1. The molecule has 0 aliphatic rings. The molecule has 1 unspecified atom stereocenters. The second-order valence-electron chi connectivity index (χ2n) is 5.53. The number of benzene rings is 2. The molecule has 0 fully saturated rings. The first-order chi connectivity index (χ1) is 12.1. The van der Waals surface area contributed by atoms with Gasteiger partial charge in [0.2, 0.25) is 5.91 Å². The largest absolute Gasteiger partial charge is 0.365 e. The van der Waals surface area contributed by atoms with E-state index in [4.69, 9.17) is 5.73 Å². The second kappa shape index (κ2) is 8.59. The zero-order valence-corrected chi connectivity index (χ0v) is 13.9. The highest BCUT2D eigenvalue weighted by molar-refractivity contribution is 6.18. The van der Waals surface area contributed by atoms with Crippen molar-refractivity contribution in [2.45, 2.75) is 6.42 Å². The van der Waals surface area contributed by atoms with Gasteiger partial charge in [-0.25, -0.2) is 0 Å². The summed E-state index contributed by atoms with van der Waals surface area (Å²) in [7, 11) is 1.52. The molecule has 0 saturated heterocycles. The first-order valence-corrected chi connectivity index (χ1v) is 7.88. The Hall–Kier alpha value is -3.21. The number of amides is 2. The Morgan fingerprint density at radius 3 is 2.08 bits per heavy atom. The fourth-order valence-corrected chi connectivity index (χ4v) is 2.77. The van der Waals surface area contributed by atoms with Crippen molar-refractivity contribution < 1.29 is 14.4 Å². The van der Waals surface area contributed by atoms with Gasteiger partial charge in [-0.2, -0.15) is 0 Å². The Balaban J connectivity index is 2.63. The summed E-state index contributed by atoms with van der Waals surface area (Å²) < 4.78 is 0. The van der Waals surface area contributed by atoms with E-state index in [-0.39, 0.29) is 11.5 Å². The molecule has 2 aromatic carbocycles. The Kier molecular flexibility index (Phi) is 6.23. The molecule has 2 amide bonds. The lowest BCUT2D eigenvalue weighted by molar-refractivity contribution is -0.122. The van der Waals surface area contributed by atoms with Gasteiger partial charge in [-0.3, -0.25) is 14.4 Å². The van der Waals surface area contributed by atoms with E-state index in [2.05, 4.69) is 5.32 Å². The molecule has 5 nitrogen and oxygen atoms in total. The van der Waals surface area contributed by atoms with Crippen LogP contribution < -0.4 is 11.1 Å². The smallest absolute Gasteiger partial charge is 0.252 e. The van der Waals surface area contributed by atoms with Crippen LogP contribution in [0.4, 0.5) is 0 Å². The fourth-order valence-electron chi connectivity index (χ4n) is 2.77. The molecule has 0 aromatic heterocycles. The summed E-state index contributed by atoms with van der Waals surface area (Å²) in [4.78, 5) is 35.9. The maximum atomic E-state index is 12.6. The van der Waals surface area contributed by atoms with Crippen LogP contribution in [-0.4, -0.2) is 25.1 Å². The minimum Gasteiger partial charge on any atom is -0.365 e. The van der Waals surface area contributed by atoms with Crippen LogP contribution in [0.5, 0.6) is 0 Å². The van der Waals surface area contributed by atoms with Crippen LogP contribution in [0.15, 0.2) is 66.2 Å². The fraction of sp³-hybridized carbons (Fsp3) is 0.150. The molecule has 0 aliphatic carbocycles. The molecule has 2 rings (SSSR count). The van der Waals surface area contributed by atoms with Crippen molar-refractivity contribution in [2.75, 3.05) is 7.05 Å². The van der Waals surface area contributed by atoms with Crippen molar-refractivity contribution in [3.05, 3.63) is 77.4 Å². The van der Waals surface area contributed by atoms with Crippen molar-refractivity contribution in [3.8, 4) is 0 Å². The van der Waals surface area contributed by atoms with Crippen molar-refractivity contribution in [2.24, 2.45) is 11.7 Å². The predicted octanol–water partition coefficient (Wildman–Crippen LogP) is 1.73. The van der Waals surface area contributed by atoms with Crippen LogP contribution in [0.25, 0.3) is 5.57 Å². The third-order valence-electron chi connectivity index (χ3n) is 3.95. The Morgan fingerprint density at radius 1 is 1.04 bits per heavy atom. The molecule has 0 aliphatic heterocycles. The zero-order valence-electron chi connectivity index (χ0n) is 13.9. The molecule has 0 heterocycles. The minimum atomic E-state index is -0.851. The second-order valence-corrected chi connectivity index (χ2v) is 5.53. The summed E-state index contributed by atoms with van der Waals surface area (Å²) in [5.41, 5.74) is 7.09. The Morgan fingerprint density at radius 2 is 1.60 bits per heavy atom. The highest BCUT2D eigenvalue weighted by atomic mass is 16.2. The number of carbonyl (C=O) groups excluding carboxylic acids is 3. The van der Waals surface area contributed by atoms with Gasteiger partial charge in [-0.05, 0) is 23.1 Å². The Bertz CT molecular complexity index is 783. The lowest BCUT2D eigenvalue weighted by atomic mass is 9.83. The van der Waals surface area contributed by atoms with Gasteiger partial charge in [0, 0.05) is 7.05 Å². The molecule has 0 saturated carbocycles. The SMILES string of the molecule is CNC(=O)C(Cc1ccccc1)C(=C(C=O)C(N)=O)c1ccccc1. The average Bonchev–Trinajstić information content (AvgIpc) is 2.65. The van der Waals surface area contributed by atoms with E-state index in [9.17, 15) is 14.4 Å². The molecule has 128 valence electrons. The Labute approximate surface area is 146 Å². The van der Waals surface area contributed by atoms with Crippen LogP contribution in [0.1, 0.15) is 11.1 Å². The van der Waals surface area contributed by atoms with Crippen LogP contribution in [-0.2, 0) is 20.8 Å². The lowest BCUT2D eigenvalue weighted by Crippen LogP contribution is -2.32. The van der Waals surface area contributed by atoms with E-state index in [0.29, 0.717) is 23.8 Å². The quantitative estimate of drug-likeness (QED) is 0.349. The molecule has 1 atom stereocenters. The van der Waals surface area contributed by atoms with Gasteiger partial charge in [0.05, 0.1) is 11.5 Å². The number of carbonyl (C=O) groups is 3. The van der Waals surface area contributed by atoms with Gasteiger partial charge in [-0.15, -0.1) is 0 Å². The van der Waals surface area contributed by atoms with E-state index >= 15 is 0 Å². The topological polar surface area (TPSA) is 89.3 Å². The summed E-state index contributed by atoms with van der Waals surface area (Å²) in [5.74, 6) is -1.86. The number of hydrogen-bond acceptors (Lipinski definition) is 3. The van der Waals surface area contributed by atoms with Gasteiger partial charge in [-0.1, -0.05) is 60.7 Å². The molecular weight excluding hydrogens is 316 g/mol. The van der Waals surface area contributed by atoms with Gasteiger partial charge >= 0.3 is 0 Å². The molecule has 3 N–H and O–H groups in total. The number of primary amides is 1. The molecule has 5 heteroatoms. The number of nitrogens with one attached hydrogen (secondary N) is 1. The molecule has 0 spiro atoms. The van der Waals surface area contributed by atoms with Gasteiger partial charge in [0.25, 0.3) is 5.91 Å². The average molecular weight is 336 g/mol. The van der Waals surface area contributed by atoms with Crippen LogP contribution >= 0.6 is 0 Å². The number of aldehydes is 1. The number of rotatable bonds is 7. The van der Waals surface area contributed by atoms with Gasteiger partial charge < -0.3 is 11.1 Å². The summed E-state index contributed by atoms with van der Waals surface area (Å²) in [6, 6.07) is 18.3. The first kappa shape index (κ1) is 18.1. The van der Waals surface area contributed by atoms with Gasteiger partial charge in [0.15, 0.2) is 6.29 Å². The van der Waals surface area contributed by atoms with Crippen LogP contribution in [0.2, 0.25) is 0 Å². The maximum absolute atomic E-state index is 12.6. The van der Waals surface area contributed by atoms with E-state index in [1.807, 2.05) is 36.4 Å².